The average molecular weight is 458 g/mol. The largest absolute Gasteiger partial charge is 0.494 e. The van der Waals surface area contributed by atoms with Crippen molar-refractivity contribution in [3.63, 3.8) is 0 Å². The minimum atomic E-state index is -0.627. The molecule has 0 radical (unpaired) electrons. The molecule has 1 fully saturated rings. The molecule has 0 aliphatic heterocycles. The third kappa shape index (κ3) is 6.77. The summed E-state index contributed by atoms with van der Waals surface area (Å²) in [7, 11) is 0. The number of rotatable bonds is 8. The van der Waals surface area contributed by atoms with Crippen LogP contribution in [0.4, 0.5) is 0 Å². The zero-order chi connectivity index (χ0) is 23.7. The van der Waals surface area contributed by atoms with E-state index in [2.05, 4.69) is 26.3 Å². The van der Waals surface area contributed by atoms with E-state index in [1.54, 1.807) is 24.3 Å². The number of hydrazine groups is 1. The van der Waals surface area contributed by atoms with E-state index in [1.165, 1.54) is 6.92 Å². The lowest BCUT2D eigenvalue weighted by Crippen LogP contribution is -2.45. The van der Waals surface area contributed by atoms with Gasteiger partial charge in [-0.3, -0.25) is 25.2 Å². The number of nitrogens with one attached hydrogen (secondary N) is 3. The molecule has 1 aliphatic rings. The maximum Gasteiger partial charge on any atom is 0.269 e. The van der Waals surface area contributed by atoms with E-state index in [0.717, 1.165) is 38.5 Å². The van der Waals surface area contributed by atoms with Gasteiger partial charge in [0.05, 0.1) is 6.61 Å². The van der Waals surface area contributed by atoms with Crippen LogP contribution in [-0.4, -0.2) is 34.5 Å². The van der Waals surface area contributed by atoms with Crippen LogP contribution in [0.2, 0.25) is 0 Å². The Morgan fingerprint density at radius 2 is 1.76 bits per heavy atom. The number of hydrogen-bond acceptors (Lipinski definition) is 7. The number of carbonyl (C=O) groups excluding carboxylic acids is 3. The molecule has 3 amide bonds. The van der Waals surface area contributed by atoms with Gasteiger partial charge in [0.15, 0.2) is 5.82 Å². The Morgan fingerprint density at radius 1 is 1.06 bits per heavy atom. The van der Waals surface area contributed by atoms with Gasteiger partial charge in [-0.2, -0.15) is 4.98 Å². The molecule has 3 N–H and O–H groups in total. The molecule has 178 valence electrons. The molecule has 0 saturated heterocycles. The molecule has 0 bridgehead atoms. The van der Waals surface area contributed by atoms with Gasteiger partial charge in [0.1, 0.15) is 11.3 Å². The second kappa shape index (κ2) is 11.4. The summed E-state index contributed by atoms with van der Waals surface area (Å²) in [5, 5.41) is 7.14. The molecule has 0 unspecified atom stereocenters. The van der Waals surface area contributed by atoms with Crippen molar-refractivity contribution in [1.29, 1.82) is 0 Å². The van der Waals surface area contributed by atoms with Gasteiger partial charge in [-0.1, -0.05) is 30.8 Å². The standard InChI is InChI=1S/C23H31N5O5/c1-3-32-18-10-8-17(9-11-18)21(31)27-26-19(30)12-13-20-24-22(28-33-20)23(25-16(2)29)14-6-4-5-7-15-23/h8-11H,3-7,12-15H2,1-2H3,(H,25,29)(H,26,30)(H,27,31). The fourth-order valence-corrected chi connectivity index (χ4v) is 3.98. The van der Waals surface area contributed by atoms with Gasteiger partial charge in [0.25, 0.3) is 5.91 Å². The normalized spacial score (nSPS) is 15.2. The molecule has 1 aromatic heterocycles. The monoisotopic (exact) mass is 457 g/mol. The van der Waals surface area contributed by atoms with Crippen molar-refractivity contribution in [2.24, 2.45) is 0 Å². The van der Waals surface area contributed by atoms with Crippen LogP contribution in [0.1, 0.15) is 80.9 Å². The van der Waals surface area contributed by atoms with Crippen molar-refractivity contribution in [2.75, 3.05) is 6.61 Å². The quantitative estimate of drug-likeness (QED) is 0.409. The lowest BCUT2D eigenvalue weighted by Gasteiger charge is -2.30. The molecule has 3 rings (SSSR count). The smallest absolute Gasteiger partial charge is 0.269 e. The number of ether oxygens (including phenoxy) is 1. The predicted octanol–water partition coefficient (Wildman–Crippen LogP) is 2.55. The van der Waals surface area contributed by atoms with Gasteiger partial charge in [0.2, 0.25) is 17.7 Å². The van der Waals surface area contributed by atoms with Gasteiger partial charge in [-0.15, -0.1) is 0 Å². The van der Waals surface area contributed by atoms with E-state index in [9.17, 15) is 14.4 Å². The molecule has 10 nitrogen and oxygen atoms in total. The van der Waals surface area contributed by atoms with Crippen molar-refractivity contribution in [3.8, 4) is 5.75 Å². The summed E-state index contributed by atoms with van der Waals surface area (Å²) in [6, 6.07) is 6.61. The van der Waals surface area contributed by atoms with Crippen molar-refractivity contribution < 1.29 is 23.6 Å². The van der Waals surface area contributed by atoms with Crippen LogP contribution >= 0.6 is 0 Å². The van der Waals surface area contributed by atoms with E-state index < -0.39 is 11.4 Å². The van der Waals surface area contributed by atoms with Crippen LogP contribution < -0.4 is 20.9 Å². The third-order valence-corrected chi connectivity index (χ3v) is 5.58. The SMILES string of the molecule is CCOc1ccc(C(=O)NNC(=O)CCc2nc(C3(NC(C)=O)CCCCCC3)no2)cc1. The first-order valence-corrected chi connectivity index (χ1v) is 11.4. The topological polar surface area (TPSA) is 135 Å². The molecule has 1 aromatic carbocycles. The molecule has 1 saturated carbocycles. The summed E-state index contributed by atoms with van der Waals surface area (Å²) in [5.74, 6) is 0.481. The van der Waals surface area contributed by atoms with Crippen molar-refractivity contribution in [3.05, 3.63) is 41.5 Å². The Kier molecular flexibility index (Phi) is 8.39. The maximum atomic E-state index is 12.2. The fourth-order valence-electron chi connectivity index (χ4n) is 3.98. The van der Waals surface area contributed by atoms with Crippen molar-refractivity contribution in [1.82, 2.24) is 26.3 Å². The molecule has 0 spiro atoms. The summed E-state index contributed by atoms with van der Waals surface area (Å²) >= 11 is 0. The molecule has 2 aromatic rings. The van der Waals surface area contributed by atoms with Gasteiger partial charge in [-0.05, 0) is 44.0 Å². The second-order valence-corrected chi connectivity index (χ2v) is 8.15. The number of carbonyl (C=O) groups is 3. The number of nitrogens with zero attached hydrogens (tertiary/aromatic N) is 2. The van der Waals surface area contributed by atoms with Gasteiger partial charge >= 0.3 is 0 Å². The van der Waals surface area contributed by atoms with Crippen molar-refractivity contribution in [2.45, 2.75) is 70.8 Å². The number of hydrogen-bond donors (Lipinski definition) is 3. The maximum absolute atomic E-state index is 12.2. The molecular weight excluding hydrogens is 426 g/mol. The molecule has 33 heavy (non-hydrogen) atoms. The minimum absolute atomic E-state index is 0.0539. The van der Waals surface area contributed by atoms with Gasteiger partial charge in [0, 0.05) is 25.3 Å². The van der Waals surface area contributed by atoms with Crippen LogP contribution in [0.3, 0.4) is 0 Å². The Hall–Kier alpha value is -3.43. The van der Waals surface area contributed by atoms with Crippen LogP contribution in [0.25, 0.3) is 0 Å². The first-order chi connectivity index (χ1) is 15.9. The summed E-state index contributed by atoms with van der Waals surface area (Å²) in [6.07, 6.45) is 5.93. The molecule has 1 heterocycles. The highest BCUT2D eigenvalue weighted by Crippen LogP contribution is 2.34. The van der Waals surface area contributed by atoms with E-state index in [0.29, 0.717) is 29.6 Å². The van der Waals surface area contributed by atoms with Gasteiger partial charge in [-0.25, -0.2) is 0 Å². The molecular formula is C23H31N5O5. The van der Waals surface area contributed by atoms with E-state index in [1.807, 2.05) is 6.92 Å². The average Bonchev–Trinajstić information content (AvgIpc) is 3.16. The number of aryl methyl sites for hydroxylation is 1. The number of aromatic nitrogens is 2. The molecule has 10 heteroatoms. The highest BCUT2D eigenvalue weighted by atomic mass is 16.5. The first-order valence-electron chi connectivity index (χ1n) is 11.4. The Bertz CT molecular complexity index is 948. The summed E-state index contributed by atoms with van der Waals surface area (Å²) in [5.41, 5.74) is 4.54. The van der Waals surface area contributed by atoms with E-state index >= 15 is 0 Å². The predicted molar refractivity (Wildman–Crippen MR) is 119 cm³/mol. The lowest BCUT2D eigenvalue weighted by atomic mass is 9.89. The highest BCUT2D eigenvalue weighted by molar-refractivity contribution is 5.95. The second-order valence-electron chi connectivity index (χ2n) is 8.15. The van der Waals surface area contributed by atoms with Crippen LogP contribution in [0.5, 0.6) is 5.75 Å². The van der Waals surface area contributed by atoms with E-state index in [4.69, 9.17) is 9.26 Å². The van der Waals surface area contributed by atoms with Crippen LogP contribution in [0, 0.1) is 0 Å². The highest BCUT2D eigenvalue weighted by Gasteiger charge is 2.38. The molecule has 0 atom stereocenters. The Balaban J connectivity index is 1.51. The van der Waals surface area contributed by atoms with Gasteiger partial charge < -0.3 is 14.6 Å². The van der Waals surface area contributed by atoms with E-state index in [-0.39, 0.29) is 24.7 Å². The zero-order valence-electron chi connectivity index (χ0n) is 19.1. The fraction of sp³-hybridized carbons (Fsp3) is 0.522. The third-order valence-electron chi connectivity index (χ3n) is 5.58. The lowest BCUT2D eigenvalue weighted by molar-refractivity contribution is -0.122. The van der Waals surface area contributed by atoms with Crippen LogP contribution in [-0.2, 0) is 21.5 Å². The minimum Gasteiger partial charge on any atom is -0.494 e. The van der Waals surface area contributed by atoms with Crippen molar-refractivity contribution >= 4 is 17.7 Å². The summed E-state index contributed by atoms with van der Waals surface area (Å²) in [4.78, 5) is 40.6. The Labute approximate surface area is 192 Å². The summed E-state index contributed by atoms with van der Waals surface area (Å²) in [6.45, 7) is 3.90. The summed E-state index contributed by atoms with van der Waals surface area (Å²) < 4.78 is 10.7. The zero-order valence-corrected chi connectivity index (χ0v) is 19.1. The number of amides is 3. The first kappa shape index (κ1) is 24.2. The molecule has 1 aliphatic carbocycles. The number of benzene rings is 1. The Morgan fingerprint density at radius 3 is 2.39 bits per heavy atom. The van der Waals surface area contributed by atoms with Crippen LogP contribution in [0.15, 0.2) is 28.8 Å².